The van der Waals surface area contributed by atoms with E-state index in [-0.39, 0.29) is 11.8 Å². The van der Waals surface area contributed by atoms with E-state index >= 15 is 0 Å². The molecular formula is C20H20ClN5O2S. The molecule has 0 unspecified atom stereocenters. The highest BCUT2D eigenvalue weighted by molar-refractivity contribution is 8.00. The quantitative estimate of drug-likeness (QED) is 0.590. The zero-order valence-electron chi connectivity index (χ0n) is 16.1. The maximum Gasteiger partial charge on any atom is 0.260 e. The molecule has 3 aromatic rings. The van der Waals surface area contributed by atoms with Crippen molar-refractivity contribution in [3.8, 4) is 0 Å². The molecule has 0 N–H and O–H groups in total. The Morgan fingerprint density at radius 1 is 1.17 bits per heavy atom. The van der Waals surface area contributed by atoms with Crippen molar-refractivity contribution in [3.63, 3.8) is 0 Å². The number of rotatable bonds is 3. The van der Waals surface area contributed by atoms with Crippen LogP contribution >= 0.6 is 23.4 Å². The zero-order chi connectivity index (χ0) is 20.5. The molecule has 1 aromatic carbocycles. The van der Waals surface area contributed by atoms with Crippen molar-refractivity contribution in [1.82, 2.24) is 24.5 Å². The number of likely N-dealkylation sites (tertiary alicyclic amines) is 1. The maximum atomic E-state index is 13.2. The summed E-state index contributed by atoms with van der Waals surface area (Å²) in [6.45, 7) is 4.28. The number of fused-ring (bicyclic) bond motifs is 1. The Morgan fingerprint density at radius 2 is 1.93 bits per heavy atom. The minimum absolute atomic E-state index is 0.193. The minimum Gasteiger partial charge on any atom is -0.278 e. The molecule has 0 bridgehead atoms. The second-order valence-corrected chi connectivity index (χ2v) is 8.67. The van der Waals surface area contributed by atoms with Gasteiger partial charge in [0.05, 0.1) is 5.25 Å². The Labute approximate surface area is 177 Å². The number of benzene rings is 1. The SMILES string of the molecule is Cc1cc(C)n2c(S[C@@H]3CCCCN(C(=O)c4ccc(Cl)cc4)C3=O)nnc2n1. The Kier molecular flexibility index (Phi) is 5.56. The second-order valence-electron chi connectivity index (χ2n) is 7.06. The number of hydrogen-bond donors (Lipinski definition) is 0. The van der Waals surface area contributed by atoms with Gasteiger partial charge >= 0.3 is 0 Å². The van der Waals surface area contributed by atoms with Crippen LogP contribution in [0, 0.1) is 13.8 Å². The molecule has 9 heteroatoms. The average Bonchev–Trinajstić information content (AvgIpc) is 3.00. The molecule has 1 saturated heterocycles. The fraction of sp³-hybridized carbons (Fsp3) is 0.350. The summed E-state index contributed by atoms with van der Waals surface area (Å²) in [5.74, 6) is 0.0285. The van der Waals surface area contributed by atoms with E-state index in [4.69, 9.17) is 11.6 Å². The molecule has 0 saturated carbocycles. The lowest BCUT2D eigenvalue weighted by Crippen LogP contribution is -2.41. The first-order valence-corrected chi connectivity index (χ1v) is 10.7. The molecule has 2 amide bonds. The summed E-state index contributed by atoms with van der Waals surface area (Å²) in [6.07, 6.45) is 2.32. The molecule has 0 spiro atoms. The number of aryl methyl sites for hydroxylation is 2. The summed E-state index contributed by atoms with van der Waals surface area (Å²) in [6, 6.07) is 8.56. The largest absolute Gasteiger partial charge is 0.278 e. The zero-order valence-corrected chi connectivity index (χ0v) is 17.7. The number of imide groups is 1. The Balaban J connectivity index is 1.60. The van der Waals surface area contributed by atoms with Gasteiger partial charge in [-0.2, -0.15) is 0 Å². The molecule has 0 aliphatic carbocycles. The van der Waals surface area contributed by atoms with Gasteiger partial charge in [0, 0.05) is 28.5 Å². The molecule has 7 nitrogen and oxygen atoms in total. The first-order valence-electron chi connectivity index (χ1n) is 9.41. The number of aromatic nitrogens is 4. The van der Waals surface area contributed by atoms with Crippen molar-refractivity contribution in [2.45, 2.75) is 43.5 Å². The Bertz CT molecular complexity index is 1080. The second kappa shape index (κ2) is 8.12. The van der Waals surface area contributed by atoms with Gasteiger partial charge in [0.15, 0.2) is 5.16 Å². The molecule has 4 rings (SSSR count). The molecule has 2 aromatic heterocycles. The number of halogens is 1. The first kappa shape index (κ1) is 19.8. The highest BCUT2D eigenvalue weighted by atomic mass is 35.5. The van der Waals surface area contributed by atoms with Crippen LogP contribution in [-0.4, -0.2) is 48.1 Å². The van der Waals surface area contributed by atoms with Crippen molar-refractivity contribution in [3.05, 3.63) is 52.3 Å². The Hall–Kier alpha value is -2.45. The summed E-state index contributed by atoms with van der Waals surface area (Å²) < 4.78 is 1.85. The van der Waals surface area contributed by atoms with Crippen LogP contribution in [0.5, 0.6) is 0 Å². The lowest BCUT2D eigenvalue weighted by molar-refractivity contribution is -0.127. The van der Waals surface area contributed by atoms with E-state index in [1.807, 2.05) is 24.3 Å². The lowest BCUT2D eigenvalue weighted by atomic mass is 10.2. The molecule has 1 aliphatic rings. The van der Waals surface area contributed by atoms with Crippen LogP contribution in [0.15, 0.2) is 35.5 Å². The molecule has 1 atom stereocenters. The fourth-order valence-electron chi connectivity index (χ4n) is 3.47. The van der Waals surface area contributed by atoms with Gasteiger partial charge in [-0.25, -0.2) is 4.98 Å². The van der Waals surface area contributed by atoms with E-state index in [9.17, 15) is 9.59 Å². The van der Waals surface area contributed by atoms with E-state index in [1.54, 1.807) is 24.3 Å². The van der Waals surface area contributed by atoms with E-state index in [0.29, 0.717) is 34.5 Å². The van der Waals surface area contributed by atoms with Crippen molar-refractivity contribution in [1.29, 1.82) is 0 Å². The van der Waals surface area contributed by atoms with Gasteiger partial charge in [0.2, 0.25) is 5.91 Å². The van der Waals surface area contributed by atoms with Gasteiger partial charge in [0.25, 0.3) is 11.7 Å². The summed E-state index contributed by atoms with van der Waals surface area (Å²) in [5, 5.41) is 9.14. The van der Waals surface area contributed by atoms with Gasteiger partial charge < -0.3 is 0 Å². The summed E-state index contributed by atoms with van der Waals surface area (Å²) in [7, 11) is 0. The van der Waals surface area contributed by atoms with Crippen molar-refractivity contribution in [2.75, 3.05) is 6.54 Å². The predicted molar refractivity (Wildman–Crippen MR) is 111 cm³/mol. The minimum atomic E-state index is -0.401. The molecule has 0 radical (unpaired) electrons. The smallest absolute Gasteiger partial charge is 0.260 e. The van der Waals surface area contributed by atoms with Crippen LogP contribution in [-0.2, 0) is 4.79 Å². The van der Waals surface area contributed by atoms with Gasteiger partial charge in [-0.3, -0.25) is 18.9 Å². The topological polar surface area (TPSA) is 80.5 Å². The number of hydrogen-bond acceptors (Lipinski definition) is 6. The maximum absolute atomic E-state index is 13.2. The number of carbonyl (C=O) groups is 2. The number of nitrogens with zero attached hydrogens (tertiary/aromatic N) is 5. The van der Waals surface area contributed by atoms with Crippen LogP contribution in [0.3, 0.4) is 0 Å². The van der Waals surface area contributed by atoms with Gasteiger partial charge in [-0.15, -0.1) is 10.2 Å². The summed E-state index contributed by atoms with van der Waals surface area (Å²) in [4.78, 5) is 31.9. The van der Waals surface area contributed by atoms with Crippen LogP contribution in [0.2, 0.25) is 5.02 Å². The number of amides is 2. The number of carbonyl (C=O) groups excluding carboxylic acids is 2. The van der Waals surface area contributed by atoms with E-state index in [1.165, 1.54) is 16.7 Å². The van der Waals surface area contributed by atoms with E-state index in [0.717, 1.165) is 24.2 Å². The predicted octanol–water partition coefficient (Wildman–Crippen LogP) is 3.71. The molecule has 1 fully saturated rings. The standard InChI is InChI=1S/C20H20ClN5O2S/c1-12-11-13(2)26-19(22-12)23-24-20(26)29-16-5-3-4-10-25(18(16)28)17(27)14-6-8-15(21)9-7-14/h6-9,11,16H,3-5,10H2,1-2H3/t16-/m1/s1. The van der Waals surface area contributed by atoms with Crippen molar-refractivity contribution < 1.29 is 9.59 Å². The molecular weight excluding hydrogens is 410 g/mol. The van der Waals surface area contributed by atoms with Gasteiger partial charge in [-0.1, -0.05) is 29.8 Å². The fourth-order valence-corrected chi connectivity index (χ4v) is 4.78. The highest BCUT2D eigenvalue weighted by Crippen LogP contribution is 2.30. The molecule has 150 valence electrons. The van der Waals surface area contributed by atoms with Crippen LogP contribution in [0.4, 0.5) is 0 Å². The monoisotopic (exact) mass is 429 g/mol. The van der Waals surface area contributed by atoms with Crippen LogP contribution < -0.4 is 0 Å². The molecule has 29 heavy (non-hydrogen) atoms. The third-order valence-corrected chi connectivity index (χ3v) is 6.34. The van der Waals surface area contributed by atoms with Crippen molar-refractivity contribution in [2.24, 2.45) is 0 Å². The van der Waals surface area contributed by atoms with E-state index < -0.39 is 5.25 Å². The number of thioether (sulfide) groups is 1. The lowest BCUT2D eigenvalue weighted by Gasteiger charge is -2.22. The third kappa shape index (κ3) is 4.00. The average molecular weight is 430 g/mol. The molecule has 3 heterocycles. The van der Waals surface area contributed by atoms with Crippen LogP contribution in [0.1, 0.15) is 41.0 Å². The Morgan fingerprint density at radius 3 is 2.69 bits per heavy atom. The molecule has 1 aliphatic heterocycles. The normalized spacial score (nSPS) is 17.6. The third-order valence-electron chi connectivity index (χ3n) is 4.89. The first-order chi connectivity index (χ1) is 13.9. The van der Waals surface area contributed by atoms with Crippen LogP contribution in [0.25, 0.3) is 5.78 Å². The highest BCUT2D eigenvalue weighted by Gasteiger charge is 2.33. The summed E-state index contributed by atoms with van der Waals surface area (Å²) in [5.41, 5.74) is 2.27. The van der Waals surface area contributed by atoms with Gasteiger partial charge in [-0.05, 0) is 57.0 Å². The van der Waals surface area contributed by atoms with Gasteiger partial charge in [0.1, 0.15) is 0 Å². The summed E-state index contributed by atoms with van der Waals surface area (Å²) >= 11 is 7.26. The van der Waals surface area contributed by atoms with E-state index in [2.05, 4.69) is 15.2 Å². The van der Waals surface area contributed by atoms with Crippen molar-refractivity contribution >= 4 is 41.0 Å².